The van der Waals surface area contributed by atoms with E-state index in [4.69, 9.17) is 0 Å². The van der Waals surface area contributed by atoms with Gasteiger partial charge in [0.2, 0.25) is 12.6 Å². The zero-order valence-electron chi connectivity index (χ0n) is 4.11. The maximum absolute atomic E-state index is 9.78. The molecule has 0 aromatic heterocycles. The predicted molar refractivity (Wildman–Crippen MR) is 30.8 cm³/mol. The Labute approximate surface area is 58.3 Å². The minimum Gasteiger partial charge on any atom is -0.294 e. The number of alkyl halides is 1. The average Bonchev–Trinajstić information content (AvgIpc) is 1.86. The van der Waals surface area contributed by atoms with Crippen molar-refractivity contribution in [3.05, 3.63) is 10.1 Å². The first-order valence-corrected chi connectivity index (χ1v) is 2.62. The van der Waals surface area contributed by atoms with Gasteiger partial charge < -0.3 is 0 Å². The second-order valence-electron chi connectivity index (χ2n) is 1.22. The van der Waals surface area contributed by atoms with E-state index >= 15 is 0 Å². The lowest BCUT2D eigenvalue weighted by Crippen LogP contribution is -2.34. The van der Waals surface area contributed by atoms with Crippen LogP contribution in [0.5, 0.6) is 0 Å². The zero-order chi connectivity index (χ0) is 7.49. The molecule has 0 aromatic carbocycles. The number of hydrogen-bond acceptors (Lipinski definition) is 4. The Balaban J connectivity index is 4.46. The van der Waals surface area contributed by atoms with E-state index in [0.29, 0.717) is 0 Å². The van der Waals surface area contributed by atoms with Crippen LogP contribution in [0.2, 0.25) is 0 Å². The van der Waals surface area contributed by atoms with Crippen molar-refractivity contribution in [1.82, 2.24) is 0 Å². The van der Waals surface area contributed by atoms with Crippen LogP contribution >= 0.6 is 15.9 Å². The van der Waals surface area contributed by atoms with Crippen molar-refractivity contribution in [2.24, 2.45) is 0 Å². The van der Waals surface area contributed by atoms with Crippen molar-refractivity contribution in [3.8, 4) is 0 Å². The Hall–Kier alpha value is -0.780. The normalized spacial score (nSPS) is 10.3. The number of carbonyl (C=O) groups excluding carboxylic acids is 2. The predicted octanol–water partition coefficient (Wildman–Crippen LogP) is -0.248. The van der Waals surface area contributed by atoms with E-state index in [-0.39, 0.29) is 12.6 Å². The van der Waals surface area contributed by atoms with Crippen LogP contribution in [0.15, 0.2) is 0 Å². The molecule has 0 aliphatic heterocycles. The number of halogens is 1. The van der Waals surface area contributed by atoms with Gasteiger partial charge in [-0.05, 0) is 0 Å². The van der Waals surface area contributed by atoms with Crippen LogP contribution in [0, 0.1) is 10.1 Å². The number of carbonyl (C=O) groups is 2. The molecular formula is C3H2BrNO4. The fraction of sp³-hybridized carbons (Fsp3) is 0.333. The van der Waals surface area contributed by atoms with Crippen LogP contribution in [-0.2, 0) is 9.59 Å². The highest BCUT2D eigenvalue weighted by atomic mass is 79.9. The van der Waals surface area contributed by atoms with Gasteiger partial charge in [0.05, 0.1) is 4.92 Å². The second kappa shape index (κ2) is 2.67. The Kier molecular flexibility index (Phi) is 2.44. The largest absolute Gasteiger partial charge is 0.382 e. The zero-order valence-corrected chi connectivity index (χ0v) is 5.70. The fourth-order valence-corrected chi connectivity index (χ4v) is 0.114. The molecule has 6 heteroatoms. The van der Waals surface area contributed by atoms with Crippen LogP contribution in [0.4, 0.5) is 0 Å². The smallest absolute Gasteiger partial charge is 0.294 e. The summed E-state index contributed by atoms with van der Waals surface area (Å²) in [7, 11) is 0. The lowest BCUT2D eigenvalue weighted by atomic mass is 10.4. The van der Waals surface area contributed by atoms with Crippen molar-refractivity contribution in [1.29, 1.82) is 0 Å². The first kappa shape index (κ1) is 8.22. The van der Waals surface area contributed by atoms with Gasteiger partial charge in [0.15, 0.2) is 0 Å². The molecule has 0 saturated carbocycles. The molecule has 0 N–H and O–H groups in total. The summed E-state index contributed by atoms with van der Waals surface area (Å²) in [6.07, 6.45) is -0.167. The van der Waals surface area contributed by atoms with Gasteiger partial charge in [0.1, 0.15) is 0 Å². The lowest BCUT2D eigenvalue weighted by Gasteiger charge is -2.00. The molecule has 50 valence electrons. The topological polar surface area (TPSA) is 77.3 Å². The maximum atomic E-state index is 9.78. The summed E-state index contributed by atoms with van der Waals surface area (Å²) in [6.45, 7) is 0. The van der Waals surface area contributed by atoms with E-state index in [9.17, 15) is 19.7 Å². The molecule has 0 atom stereocenters. The SMILES string of the molecule is O=CC(Br)(C=O)[N+](=O)[O-]. The van der Waals surface area contributed by atoms with Gasteiger partial charge in [0, 0.05) is 15.9 Å². The van der Waals surface area contributed by atoms with Crippen molar-refractivity contribution >= 4 is 28.5 Å². The second-order valence-corrected chi connectivity index (χ2v) is 2.49. The van der Waals surface area contributed by atoms with Gasteiger partial charge in [-0.2, -0.15) is 0 Å². The summed E-state index contributed by atoms with van der Waals surface area (Å²) in [5, 5.41) is 9.78. The van der Waals surface area contributed by atoms with E-state index in [1.807, 2.05) is 0 Å². The number of rotatable bonds is 3. The lowest BCUT2D eigenvalue weighted by molar-refractivity contribution is -0.500. The number of nitro groups is 1. The summed E-state index contributed by atoms with van der Waals surface area (Å²) >= 11 is 2.31. The molecule has 0 bridgehead atoms. The molecule has 0 heterocycles. The number of aldehydes is 2. The monoisotopic (exact) mass is 195 g/mol. The standard InChI is InChI=1S/C3H2BrNO4/c4-3(1-6,2-7)5(8)9/h1-2H. The Bertz CT molecular complexity index is 148. The number of hydrogen-bond donors (Lipinski definition) is 0. The molecular weight excluding hydrogens is 194 g/mol. The molecule has 0 aliphatic rings. The quantitative estimate of drug-likeness (QED) is 0.156. The Morgan fingerprint density at radius 1 is 1.44 bits per heavy atom. The third kappa shape index (κ3) is 1.56. The summed E-state index contributed by atoms with van der Waals surface area (Å²) in [5.74, 6) is 0. The molecule has 9 heavy (non-hydrogen) atoms. The summed E-state index contributed by atoms with van der Waals surface area (Å²) in [4.78, 5) is 28.3. The molecule has 0 amide bonds. The maximum Gasteiger partial charge on any atom is 0.382 e. The first-order chi connectivity index (χ1) is 4.06. The molecule has 0 radical (unpaired) electrons. The Morgan fingerprint density at radius 3 is 1.78 bits per heavy atom. The fourth-order valence-electron chi connectivity index (χ4n) is 0.114. The number of nitrogens with zero attached hydrogens (tertiary/aromatic N) is 1. The van der Waals surface area contributed by atoms with Crippen LogP contribution in [-0.4, -0.2) is 21.9 Å². The third-order valence-electron chi connectivity index (χ3n) is 0.610. The van der Waals surface area contributed by atoms with Gasteiger partial charge >= 0.3 is 4.45 Å². The van der Waals surface area contributed by atoms with Gasteiger partial charge in [0.25, 0.3) is 0 Å². The van der Waals surface area contributed by atoms with Crippen LogP contribution < -0.4 is 0 Å². The van der Waals surface area contributed by atoms with Crippen LogP contribution in [0.3, 0.4) is 0 Å². The van der Waals surface area contributed by atoms with Crippen LogP contribution in [0.25, 0.3) is 0 Å². The van der Waals surface area contributed by atoms with E-state index in [1.54, 1.807) is 0 Å². The van der Waals surface area contributed by atoms with Gasteiger partial charge in [-0.3, -0.25) is 19.7 Å². The third-order valence-corrected chi connectivity index (χ3v) is 1.27. The minimum atomic E-state index is -2.24. The highest BCUT2D eigenvalue weighted by molar-refractivity contribution is 9.10. The molecule has 0 aliphatic carbocycles. The van der Waals surface area contributed by atoms with E-state index < -0.39 is 9.37 Å². The van der Waals surface area contributed by atoms with Gasteiger partial charge in [-0.25, -0.2) is 0 Å². The van der Waals surface area contributed by atoms with Crippen molar-refractivity contribution in [3.63, 3.8) is 0 Å². The van der Waals surface area contributed by atoms with E-state index in [1.165, 1.54) is 0 Å². The molecule has 0 unspecified atom stereocenters. The van der Waals surface area contributed by atoms with Crippen molar-refractivity contribution in [2.45, 2.75) is 4.45 Å². The molecule has 0 rings (SSSR count). The summed E-state index contributed by atoms with van der Waals surface area (Å²) in [6, 6.07) is 0. The van der Waals surface area contributed by atoms with Gasteiger partial charge in [-0.1, -0.05) is 0 Å². The van der Waals surface area contributed by atoms with E-state index in [2.05, 4.69) is 15.9 Å². The minimum absolute atomic E-state index is 0.0833. The highest BCUT2D eigenvalue weighted by Crippen LogP contribution is 2.10. The molecule has 0 spiro atoms. The molecule has 0 aromatic rings. The van der Waals surface area contributed by atoms with Crippen LogP contribution in [0.1, 0.15) is 0 Å². The molecule has 0 fully saturated rings. The highest BCUT2D eigenvalue weighted by Gasteiger charge is 2.39. The van der Waals surface area contributed by atoms with Crippen molar-refractivity contribution < 1.29 is 14.5 Å². The molecule has 0 saturated heterocycles. The molecule has 5 nitrogen and oxygen atoms in total. The average molecular weight is 196 g/mol. The Morgan fingerprint density at radius 2 is 1.78 bits per heavy atom. The van der Waals surface area contributed by atoms with Gasteiger partial charge in [-0.15, -0.1) is 0 Å². The first-order valence-electron chi connectivity index (χ1n) is 1.83. The van der Waals surface area contributed by atoms with E-state index in [0.717, 1.165) is 0 Å². The summed E-state index contributed by atoms with van der Waals surface area (Å²) in [5.41, 5.74) is 0. The van der Waals surface area contributed by atoms with Crippen molar-refractivity contribution in [2.75, 3.05) is 0 Å². The summed E-state index contributed by atoms with van der Waals surface area (Å²) < 4.78 is -2.24.